The molecule has 1 nitrogen and oxygen atoms in total. The molecule has 0 amide bonds. The Morgan fingerprint density at radius 1 is 1.07 bits per heavy atom. The van der Waals surface area contributed by atoms with Gasteiger partial charge in [-0.1, -0.05) is 30.3 Å². The molecule has 0 heterocycles. The van der Waals surface area contributed by atoms with Crippen LogP contribution in [0.5, 0.6) is 0 Å². The van der Waals surface area contributed by atoms with Crippen LogP contribution in [-0.2, 0) is 0 Å². The third-order valence-corrected chi connectivity index (χ3v) is 3.93. The highest BCUT2D eigenvalue weighted by atomic mass is 16.3. The number of hydrogen-bond acceptors (Lipinski definition) is 1. The van der Waals surface area contributed by atoms with E-state index in [1.54, 1.807) is 0 Å². The van der Waals surface area contributed by atoms with Gasteiger partial charge in [-0.3, -0.25) is 0 Å². The summed E-state index contributed by atoms with van der Waals surface area (Å²) in [5.41, 5.74) is 4.10. The van der Waals surface area contributed by atoms with Crippen LogP contribution in [0.25, 0.3) is 5.57 Å². The topological polar surface area (TPSA) is 20.2 Å². The Balaban J connectivity index is 2.07. The smallest absolute Gasteiger partial charge is 0.0650 e. The number of allylic oxidation sites excluding steroid dienone is 1. The van der Waals surface area contributed by atoms with Gasteiger partial charge in [0.15, 0.2) is 0 Å². The maximum Gasteiger partial charge on any atom is 0.0650 e. The zero-order valence-electron chi connectivity index (χ0n) is 8.82. The van der Waals surface area contributed by atoms with E-state index < -0.39 is 0 Å². The maximum atomic E-state index is 9.46. The highest BCUT2D eigenvalue weighted by Gasteiger charge is 2.38. The van der Waals surface area contributed by atoms with E-state index in [1.807, 2.05) is 0 Å². The quantitative estimate of drug-likeness (QED) is 0.778. The molecule has 1 aromatic rings. The molecule has 78 valence electrons. The first-order valence-corrected chi connectivity index (χ1v) is 5.79. The maximum absolute atomic E-state index is 9.46. The third kappa shape index (κ3) is 1.34. The molecule has 0 spiro atoms. The summed E-state index contributed by atoms with van der Waals surface area (Å²) in [5, 5.41) is 9.46. The molecule has 2 unspecified atom stereocenters. The highest BCUT2D eigenvalue weighted by Crippen LogP contribution is 2.52. The Bertz CT molecular complexity index is 391. The number of aliphatic hydroxyl groups excluding tert-OH is 1. The summed E-state index contributed by atoms with van der Waals surface area (Å²) >= 11 is 0. The van der Waals surface area contributed by atoms with Gasteiger partial charge in [0.1, 0.15) is 0 Å². The fourth-order valence-corrected chi connectivity index (χ4v) is 3.30. The van der Waals surface area contributed by atoms with Crippen LogP contribution < -0.4 is 0 Å². The van der Waals surface area contributed by atoms with E-state index in [9.17, 15) is 5.11 Å². The molecule has 0 saturated heterocycles. The Kier molecular flexibility index (Phi) is 2.14. The SMILES string of the molecule is OCC1=C(c2ccccc2)C2CCC1C2. The molecule has 2 bridgehead atoms. The molecule has 0 aromatic heterocycles. The van der Waals surface area contributed by atoms with E-state index >= 15 is 0 Å². The number of aliphatic hydroxyl groups is 1. The molecule has 0 aliphatic heterocycles. The monoisotopic (exact) mass is 200 g/mol. The van der Waals surface area contributed by atoms with Crippen molar-refractivity contribution in [3.05, 3.63) is 41.5 Å². The van der Waals surface area contributed by atoms with Crippen molar-refractivity contribution >= 4 is 5.57 Å². The molecule has 2 atom stereocenters. The average Bonchev–Trinajstić information content (AvgIpc) is 2.89. The Morgan fingerprint density at radius 3 is 2.53 bits per heavy atom. The van der Waals surface area contributed by atoms with Crippen LogP contribution in [0.15, 0.2) is 35.9 Å². The Morgan fingerprint density at radius 2 is 1.80 bits per heavy atom. The van der Waals surface area contributed by atoms with E-state index in [4.69, 9.17) is 0 Å². The number of hydrogen-bond donors (Lipinski definition) is 1. The molecule has 3 rings (SSSR count). The average molecular weight is 200 g/mol. The van der Waals surface area contributed by atoms with Gasteiger partial charge in [-0.15, -0.1) is 0 Å². The van der Waals surface area contributed by atoms with Crippen molar-refractivity contribution in [2.24, 2.45) is 11.8 Å². The highest BCUT2D eigenvalue weighted by molar-refractivity contribution is 5.74. The molecular weight excluding hydrogens is 184 g/mol. The summed E-state index contributed by atoms with van der Waals surface area (Å²) < 4.78 is 0. The van der Waals surface area contributed by atoms with Gasteiger partial charge in [0.2, 0.25) is 0 Å². The van der Waals surface area contributed by atoms with Crippen molar-refractivity contribution in [1.82, 2.24) is 0 Å². The third-order valence-electron chi connectivity index (χ3n) is 3.93. The van der Waals surface area contributed by atoms with Crippen LogP contribution in [0.3, 0.4) is 0 Å². The van der Waals surface area contributed by atoms with E-state index in [-0.39, 0.29) is 6.61 Å². The lowest BCUT2D eigenvalue weighted by Gasteiger charge is -2.18. The minimum atomic E-state index is 0.255. The molecule has 1 aromatic carbocycles. The van der Waals surface area contributed by atoms with Crippen LogP contribution in [0, 0.1) is 11.8 Å². The van der Waals surface area contributed by atoms with Gasteiger partial charge in [-0.05, 0) is 47.8 Å². The number of benzene rings is 1. The van der Waals surface area contributed by atoms with Crippen LogP contribution >= 0.6 is 0 Å². The lowest BCUT2D eigenvalue weighted by atomic mass is 9.87. The fourth-order valence-electron chi connectivity index (χ4n) is 3.30. The predicted octanol–water partition coefficient (Wildman–Crippen LogP) is 2.86. The fraction of sp³-hybridized carbons (Fsp3) is 0.429. The first-order valence-electron chi connectivity index (χ1n) is 5.79. The normalized spacial score (nSPS) is 28.9. The van der Waals surface area contributed by atoms with Crippen molar-refractivity contribution in [2.45, 2.75) is 19.3 Å². The minimum absolute atomic E-state index is 0.255. The summed E-state index contributed by atoms with van der Waals surface area (Å²) in [5.74, 6) is 1.40. The minimum Gasteiger partial charge on any atom is -0.392 e. The summed E-state index contributed by atoms with van der Waals surface area (Å²) in [6.07, 6.45) is 3.88. The van der Waals surface area contributed by atoms with Crippen LogP contribution in [0.2, 0.25) is 0 Å². The Hall–Kier alpha value is -1.08. The standard InChI is InChI=1S/C14H16O/c15-9-13-11-6-7-12(8-11)14(13)10-4-2-1-3-5-10/h1-5,11-12,15H,6-9H2. The summed E-state index contributed by atoms with van der Waals surface area (Å²) in [4.78, 5) is 0. The largest absolute Gasteiger partial charge is 0.392 e. The number of rotatable bonds is 2. The van der Waals surface area contributed by atoms with E-state index in [1.165, 1.54) is 36.0 Å². The molecular formula is C14H16O. The summed E-state index contributed by atoms with van der Waals surface area (Å²) in [6.45, 7) is 0.255. The van der Waals surface area contributed by atoms with Crippen molar-refractivity contribution in [2.75, 3.05) is 6.61 Å². The van der Waals surface area contributed by atoms with E-state index in [0.717, 1.165) is 5.92 Å². The van der Waals surface area contributed by atoms with Crippen LogP contribution in [0.4, 0.5) is 0 Å². The van der Waals surface area contributed by atoms with E-state index in [0.29, 0.717) is 5.92 Å². The molecule has 1 saturated carbocycles. The van der Waals surface area contributed by atoms with Gasteiger partial charge in [0.25, 0.3) is 0 Å². The molecule has 15 heavy (non-hydrogen) atoms. The molecule has 0 radical (unpaired) electrons. The van der Waals surface area contributed by atoms with Crippen molar-refractivity contribution in [3.8, 4) is 0 Å². The molecule has 1 fully saturated rings. The van der Waals surface area contributed by atoms with Gasteiger partial charge in [-0.2, -0.15) is 0 Å². The summed E-state index contributed by atoms with van der Waals surface area (Å²) in [7, 11) is 0. The molecule has 1 heteroatoms. The second-order valence-electron chi connectivity index (χ2n) is 4.67. The van der Waals surface area contributed by atoms with Crippen LogP contribution in [0.1, 0.15) is 24.8 Å². The van der Waals surface area contributed by atoms with Gasteiger partial charge in [0.05, 0.1) is 6.61 Å². The predicted molar refractivity (Wildman–Crippen MR) is 61.3 cm³/mol. The first kappa shape index (κ1) is 9.17. The first-order chi connectivity index (χ1) is 7.40. The van der Waals surface area contributed by atoms with Crippen molar-refractivity contribution in [3.63, 3.8) is 0 Å². The van der Waals surface area contributed by atoms with Gasteiger partial charge < -0.3 is 5.11 Å². The van der Waals surface area contributed by atoms with Gasteiger partial charge >= 0.3 is 0 Å². The van der Waals surface area contributed by atoms with Gasteiger partial charge in [-0.25, -0.2) is 0 Å². The summed E-state index contributed by atoms with van der Waals surface area (Å²) in [6, 6.07) is 10.6. The van der Waals surface area contributed by atoms with Gasteiger partial charge in [0, 0.05) is 0 Å². The zero-order chi connectivity index (χ0) is 10.3. The lowest BCUT2D eigenvalue weighted by Crippen LogP contribution is -2.06. The molecule has 2 aliphatic rings. The van der Waals surface area contributed by atoms with Crippen molar-refractivity contribution in [1.29, 1.82) is 0 Å². The second-order valence-corrected chi connectivity index (χ2v) is 4.67. The van der Waals surface area contributed by atoms with Crippen molar-refractivity contribution < 1.29 is 5.11 Å². The molecule has 2 aliphatic carbocycles. The Labute approximate surface area is 90.4 Å². The second kappa shape index (κ2) is 3.49. The molecule has 1 N–H and O–H groups in total. The van der Waals surface area contributed by atoms with Crippen LogP contribution in [-0.4, -0.2) is 11.7 Å². The zero-order valence-corrected chi connectivity index (χ0v) is 8.82. The van der Waals surface area contributed by atoms with E-state index in [2.05, 4.69) is 30.3 Å². The lowest BCUT2D eigenvalue weighted by molar-refractivity contribution is 0.316. The number of fused-ring (bicyclic) bond motifs is 2.